The molecule has 1 unspecified atom stereocenters. The van der Waals surface area contributed by atoms with Crippen molar-refractivity contribution in [3.63, 3.8) is 0 Å². The van der Waals surface area contributed by atoms with Gasteiger partial charge < -0.3 is 35.1 Å². The SMILES string of the molecule is CC(Cn1cnc2c(N)nc(N)nc21)OCP(=O)([O-])[O-]. The third kappa shape index (κ3) is 3.42. The molecule has 110 valence electrons. The summed E-state index contributed by atoms with van der Waals surface area (Å²) in [6, 6.07) is 0. The molecule has 0 aliphatic carbocycles. The van der Waals surface area contributed by atoms with Gasteiger partial charge >= 0.3 is 0 Å². The fourth-order valence-electron chi connectivity index (χ4n) is 1.67. The second-order valence-electron chi connectivity index (χ2n) is 4.25. The molecule has 1 atom stereocenters. The van der Waals surface area contributed by atoms with E-state index in [9.17, 15) is 14.4 Å². The topological polar surface area (TPSA) is 168 Å². The highest BCUT2D eigenvalue weighted by molar-refractivity contribution is 7.48. The van der Waals surface area contributed by atoms with Crippen LogP contribution in [0.25, 0.3) is 11.2 Å². The summed E-state index contributed by atoms with van der Waals surface area (Å²) in [6.45, 7) is 1.86. The van der Waals surface area contributed by atoms with Crippen LogP contribution in [0, 0.1) is 0 Å². The van der Waals surface area contributed by atoms with Crippen LogP contribution in [0.2, 0.25) is 0 Å². The Balaban J connectivity index is 2.16. The molecule has 0 bridgehead atoms. The van der Waals surface area contributed by atoms with Crippen molar-refractivity contribution in [1.29, 1.82) is 0 Å². The predicted octanol–water partition coefficient (Wildman–Crippen LogP) is -1.73. The smallest absolute Gasteiger partial charge is 0.224 e. The molecule has 0 aromatic carbocycles. The fraction of sp³-hybridized carbons (Fsp3) is 0.444. The lowest BCUT2D eigenvalue weighted by Crippen LogP contribution is -2.23. The largest absolute Gasteiger partial charge is 0.809 e. The third-order valence-electron chi connectivity index (χ3n) is 2.48. The number of nitrogens with two attached hydrogens (primary N) is 2. The zero-order valence-corrected chi connectivity index (χ0v) is 11.5. The van der Waals surface area contributed by atoms with E-state index >= 15 is 0 Å². The number of nitrogen functional groups attached to an aromatic ring is 2. The molecule has 20 heavy (non-hydrogen) atoms. The number of aromatic nitrogens is 4. The van der Waals surface area contributed by atoms with Gasteiger partial charge in [0.15, 0.2) is 11.5 Å². The molecule has 0 spiro atoms. The molecule has 2 heterocycles. The van der Waals surface area contributed by atoms with E-state index in [-0.39, 0.29) is 18.3 Å². The lowest BCUT2D eigenvalue weighted by atomic mass is 10.4. The minimum atomic E-state index is -4.69. The van der Waals surface area contributed by atoms with E-state index in [2.05, 4.69) is 15.0 Å². The maximum atomic E-state index is 10.5. The molecule has 0 aliphatic rings. The van der Waals surface area contributed by atoms with Crippen molar-refractivity contribution >= 4 is 30.5 Å². The summed E-state index contributed by atoms with van der Waals surface area (Å²) in [6.07, 6.45) is 0.0734. The van der Waals surface area contributed by atoms with E-state index in [0.29, 0.717) is 11.2 Å². The number of nitrogens with zero attached hydrogens (tertiary/aromatic N) is 4. The van der Waals surface area contributed by atoms with Gasteiger partial charge in [-0.1, -0.05) is 0 Å². The number of anilines is 2. The molecular weight excluding hydrogens is 287 g/mol. The van der Waals surface area contributed by atoms with Gasteiger partial charge in [0.2, 0.25) is 5.95 Å². The maximum absolute atomic E-state index is 10.5. The molecule has 2 aromatic heterocycles. The van der Waals surface area contributed by atoms with Crippen LogP contribution in [0.15, 0.2) is 6.33 Å². The molecule has 0 saturated heterocycles. The van der Waals surface area contributed by atoms with E-state index in [1.54, 1.807) is 11.5 Å². The Kier molecular flexibility index (Phi) is 3.91. The van der Waals surface area contributed by atoms with Gasteiger partial charge in [-0.15, -0.1) is 0 Å². The molecule has 0 saturated carbocycles. The zero-order chi connectivity index (χ0) is 14.9. The molecule has 0 fully saturated rings. The molecule has 4 N–H and O–H groups in total. The van der Waals surface area contributed by atoms with Crippen LogP contribution in [0.3, 0.4) is 0 Å². The third-order valence-corrected chi connectivity index (χ3v) is 2.94. The van der Waals surface area contributed by atoms with E-state index in [1.165, 1.54) is 6.33 Å². The van der Waals surface area contributed by atoms with Crippen molar-refractivity contribution in [3.05, 3.63) is 6.33 Å². The molecule has 10 nitrogen and oxygen atoms in total. The average molecular weight is 300 g/mol. The monoisotopic (exact) mass is 300 g/mol. The molecule has 11 heteroatoms. The van der Waals surface area contributed by atoms with Gasteiger partial charge in [-0.05, 0) is 14.5 Å². The van der Waals surface area contributed by atoms with Gasteiger partial charge in [0.05, 0.1) is 25.3 Å². The van der Waals surface area contributed by atoms with Crippen molar-refractivity contribution in [2.24, 2.45) is 0 Å². The minimum Gasteiger partial charge on any atom is -0.809 e. The standard InChI is InChI=1S/C9H15N6O4P/c1-5(19-4-20(16,17)18)2-15-3-12-6-7(10)13-9(11)14-8(6)15/h3,5H,2,4H2,1H3,(H2,16,17,18)(H4,10,11,13,14)/p-2. The first-order valence-electron chi connectivity index (χ1n) is 5.63. The van der Waals surface area contributed by atoms with Gasteiger partial charge in [-0.2, -0.15) is 9.97 Å². The van der Waals surface area contributed by atoms with Gasteiger partial charge in [0.1, 0.15) is 5.52 Å². The highest BCUT2D eigenvalue weighted by Gasteiger charge is 2.12. The van der Waals surface area contributed by atoms with Crippen LogP contribution in [0.5, 0.6) is 0 Å². The molecule has 0 radical (unpaired) electrons. The Labute approximate surface area is 113 Å². The maximum Gasteiger partial charge on any atom is 0.224 e. The molecule has 2 rings (SSSR count). The van der Waals surface area contributed by atoms with Crippen molar-refractivity contribution in [2.45, 2.75) is 19.6 Å². The summed E-state index contributed by atoms with van der Waals surface area (Å²) in [4.78, 5) is 32.9. The highest BCUT2D eigenvalue weighted by atomic mass is 31.2. The predicted molar refractivity (Wildman–Crippen MR) is 67.2 cm³/mol. The first-order chi connectivity index (χ1) is 9.26. The minimum absolute atomic E-state index is 0.00828. The number of imidazole rings is 1. The molecule has 0 aliphatic heterocycles. The van der Waals surface area contributed by atoms with Gasteiger partial charge in [-0.25, -0.2) is 4.98 Å². The lowest BCUT2D eigenvalue weighted by molar-refractivity contribution is -0.319. The van der Waals surface area contributed by atoms with Crippen molar-refractivity contribution in [1.82, 2.24) is 19.5 Å². The van der Waals surface area contributed by atoms with Crippen LogP contribution in [0.4, 0.5) is 11.8 Å². The Bertz CT molecular complexity index is 668. The Morgan fingerprint density at radius 1 is 1.45 bits per heavy atom. The summed E-state index contributed by atoms with van der Waals surface area (Å²) in [5.41, 5.74) is 12.0. The average Bonchev–Trinajstić information content (AvgIpc) is 2.69. The number of rotatable bonds is 5. The van der Waals surface area contributed by atoms with Crippen LogP contribution in [-0.2, 0) is 15.8 Å². The van der Waals surface area contributed by atoms with Crippen LogP contribution in [0.1, 0.15) is 6.92 Å². The first kappa shape index (κ1) is 14.7. The van der Waals surface area contributed by atoms with Gasteiger partial charge in [-0.3, -0.25) is 0 Å². The van der Waals surface area contributed by atoms with Crippen LogP contribution >= 0.6 is 7.60 Å². The fourth-order valence-corrected chi connectivity index (χ4v) is 2.10. The van der Waals surface area contributed by atoms with Crippen molar-refractivity contribution < 1.29 is 19.1 Å². The second-order valence-corrected chi connectivity index (χ2v) is 5.73. The van der Waals surface area contributed by atoms with E-state index in [1.807, 2.05) is 0 Å². The summed E-state index contributed by atoms with van der Waals surface area (Å²) >= 11 is 0. The summed E-state index contributed by atoms with van der Waals surface area (Å²) in [5, 5.41) is 0. The van der Waals surface area contributed by atoms with Crippen LogP contribution in [-0.4, -0.2) is 32.0 Å². The van der Waals surface area contributed by atoms with Gasteiger partial charge in [0.25, 0.3) is 0 Å². The highest BCUT2D eigenvalue weighted by Crippen LogP contribution is 2.24. The lowest BCUT2D eigenvalue weighted by Gasteiger charge is -2.30. The molecular formula is C9H13N6O4P-2. The first-order valence-corrected chi connectivity index (χ1v) is 7.35. The number of fused-ring (bicyclic) bond motifs is 1. The Morgan fingerprint density at radius 2 is 2.15 bits per heavy atom. The Hall–Kier alpha value is -1.74. The van der Waals surface area contributed by atoms with Crippen LogP contribution < -0.4 is 21.3 Å². The summed E-state index contributed by atoms with van der Waals surface area (Å²) in [7, 11) is -4.69. The van der Waals surface area contributed by atoms with E-state index in [0.717, 1.165) is 0 Å². The summed E-state index contributed by atoms with van der Waals surface area (Å²) in [5.74, 6) is 0.164. The number of hydrogen-bond acceptors (Lipinski definition) is 9. The Morgan fingerprint density at radius 3 is 2.80 bits per heavy atom. The number of ether oxygens (including phenoxy) is 1. The van der Waals surface area contributed by atoms with Crippen molar-refractivity contribution in [2.75, 3.05) is 17.8 Å². The van der Waals surface area contributed by atoms with Gasteiger partial charge in [0, 0.05) is 0 Å². The quantitative estimate of drug-likeness (QED) is 0.609. The zero-order valence-electron chi connectivity index (χ0n) is 10.6. The number of hydrogen-bond donors (Lipinski definition) is 2. The second kappa shape index (κ2) is 5.33. The molecule has 2 aromatic rings. The van der Waals surface area contributed by atoms with Crippen molar-refractivity contribution in [3.8, 4) is 0 Å². The molecule has 0 amide bonds. The summed E-state index contributed by atoms with van der Waals surface area (Å²) < 4.78 is 17.1. The van der Waals surface area contributed by atoms with E-state index < -0.39 is 20.0 Å². The normalized spacial score (nSPS) is 13.8. The van der Waals surface area contributed by atoms with E-state index in [4.69, 9.17) is 16.2 Å².